The summed E-state index contributed by atoms with van der Waals surface area (Å²) in [7, 11) is -1.50. The highest BCUT2D eigenvalue weighted by Gasteiger charge is 2.16. The van der Waals surface area contributed by atoms with Crippen LogP contribution in [0.4, 0.5) is 0 Å². The van der Waals surface area contributed by atoms with Gasteiger partial charge in [-0.05, 0) is 6.07 Å². The first-order chi connectivity index (χ1) is 6.70. The molecule has 3 nitrogen and oxygen atoms in total. The molecule has 0 spiro atoms. The third-order valence-electron chi connectivity index (χ3n) is 2.01. The Balaban J connectivity index is 2.75. The van der Waals surface area contributed by atoms with Crippen molar-refractivity contribution in [1.29, 1.82) is 0 Å². The number of para-hydroxylation sites is 1. The fourth-order valence-electron chi connectivity index (χ4n) is 1.30. The fourth-order valence-corrected chi connectivity index (χ4v) is 1.95. The minimum absolute atomic E-state index is 0.378. The molecule has 0 saturated heterocycles. The van der Waals surface area contributed by atoms with Gasteiger partial charge in [0.1, 0.15) is 0 Å². The van der Waals surface area contributed by atoms with Gasteiger partial charge in [-0.1, -0.05) is 34.1 Å². The molecule has 0 atom stereocenters. The average molecular weight is 252 g/mol. The molecule has 0 radical (unpaired) electrons. The van der Waals surface area contributed by atoms with Gasteiger partial charge in [-0.15, -0.1) is 0 Å². The Bertz CT molecular complexity index is 475. The molecule has 0 bridgehead atoms. The minimum Gasteiger partial charge on any atom is -0.423 e. The van der Waals surface area contributed by atoms with Crippen LogP contribution in [-0.2, 0) is 0 Å². The molecule has 0 aliphatic heterocycles. The summed E-state index contributed by atoms with van der Waals surface area (Å²) >= 11 is 3.32. The molecule has 70 valence electrons. The molecule has 5 heteroatoms. The summed E-state index contributed by atoms with van der Waals surface area (Å²) in [6.07, 6.45) is 1.46. The molecule has 2 N–H and O–H groups in total. The number of hydrogen-bond acceptors (Lipinski definition) is 3. The van der Waals surface area contributed by atoms with Crippen molar-refractivity contribution in [1.82, 2.24) is 4.98 Å². The summed E-state index contributed by atoms with van der Waals surface area (Å²) in [4.78, 5) is 4.11. The average Bonchev–Trinajstić information content (AvgIpc) is 2.18. The maximum Gasteiger partial charge on any atom is 0.491 e. The Labute approximate surface area is 89.7 Å². The van der Waals surface area contributed by atoms with E-state index < -0.39 is 7.12 Å². The summed E-state index contributed by atoms with van der Waals surface area (Å²) in [6.45, 7) is 0. The monoisotopic (exact) mass is 251 g/mol. The normalized spacial score (nSPS) is 10.5. The van der Waals surface area contributed by atoms with E-state index in [4.69, 9.17) is 10.0 Å². The second-order valence-corrected chi connectivity index (χ2v) is 3.71. The van der Waals surface area contributed by atoms with Crippen LogP contribution >= 0.6 is 15.9 Å². The molecule has 0 fully saturated rings. The van der Waals surface area contributed by atoms with Crippen molar-refractivity contribution in [3.05, 3.63) is 34.9 Å². The molecule has 2 aromatic rings. The van der Waals surface area contributed by atoms with Crippen LogP contribution in [0, 0.1) is 0 Å². The summed E-state index contributed by atoms with van der Waals surface area (Å²) in [5, 5.41) is 19.0. The lowest BCUT2D eigenvalue weighted by Gasteiger charge is -2.05. The Kier molecular flexibility index (Phi) is 2.54. The van der Waals surface area contributed by atoms with Gasteiger partial charge in [0.15, 0.2) is 0 Å². The highest BCUT2D eigenvalue weighted by atomic mass is 79.9. The first-order valence-corrected chi connectivity index (χ1v) is 4.88. The third kappa shape index (κ3) is 1.54. The lowest BCUT2D eigenvalue weighted by molar-refractivity contribution is 0.425. The van der Waals surface area contributed by atoms with Gasteiger partial charge in [-0.25, -0.2) is 0 Å². The van der Waals surface area contributed by atoms with Gasteiger partial charge >= 0.3 is 7.12 Å². The number of pyridine rings is 1. The summed E-state index contributed by atoms with van der Waals surface area (Å²) < 4.78 is 0.679. The quantitative estimate of drug-likeness (QED) is 0.733. The van der Waals surface area contributed by atoms with Crippen molar-refractivity contribution in [2.24, 2.45) is 0 Å². The number of nitrogens with zero attached hydrogens (tertiary/aromatic N) is 1. The van der Waals surface area contributed by atoms with Gasteiger partial charge in [-0.3, -0.25) is 4.98 Å². The molecule has 0 aliphatic carbocycles. The summed E-state index contributed by atoms with van der Waals surface area (Å²) in [5.74, 6) is 0. The van der Waals surface area contributed by atoms with Crippen LogP contribution in [0.5, 0.6) is 0 Å². The lowest BCUT2D eigenvalue weighted by atomic mass is 9.81. The molecule has 14 heavy (non-hydrogen) atoms. The molecular formula is C9H7BBrNO2. The van der Waals surface area contributed by atoms with Crippen LogP contribution in [0.3, 0.4) is 0 Å². The zero-order valence-corrected chi connectivity index (χ0v) is 8.77. The van der Waals surface area contributed by atoms with Crippen LogP contribution < -0.4 is 5.46 Å². The number of hydrogen-bond donors (Lipinski definition) is 2. The van der Waals surface area contributed by atoms with E-state index in [2.05, 4.69) is 20.9 Å². The van der Waals surface area contributed by atoms with Gasteiger partial charge in [0.25, 0.3) is 0 Å². The minimum atomic E-state index is -1.50. The molecule has 0 unspecified atom stereocenters. The van der Waals surface area contributed by atoms with Crippen LogP contribution in [0.2, 0.25) is 0 Å². The number of rotatable bonds is 1. The second kappa shape index (κ2) is 3.69. The maximum absolute atomic E-state index is 9.05. The highest BCUT2D eigenvalue weighted by molar-refractivity contribution is 9.10. The van der Waals surface area contributed by atoms with E-state index in [0.717, 1.165) is 10.9 Å². The van der Waals surface area contributed by atoms with Crippen LogP contribution in [-0.4, -0.2) is 22.2 Å². The van der Waals surface area contributed by atoms with Crippen molar-refractivity contribution in [2.75, 3.05) is 0 Å². The van der Waals surface area contributed by atoms with Crippen molar-refractivity contribution >= 4 is 39.4 Å². The van der Waals surface area contributed by atoms with Crippen LogP contribution in [0.15, 0.2) is 34.9 Å². The molecule has 1 aromatic carbocycles. The summed E-state index contributed by atoms with van der Waals surface area (Å²) in [6, 6.07) is 7.51. The van der Waals surface area contributed by atoms with Crippen LogP contribution in [0.1, 0.15) is 0 Å². The van der Waals surface area contributed by atoms with Gasteiger partial charge in [-0.2, -0.15) is 0 Å². The van der Waals surface area contributed by atoms with E-state index >= 15 is 0 Å². The number of aromatic nitrogens is 1. The Hall–Kier alpha value is -0.905. The molecular weight excluding hydrogens is 245 g/mol. The Morgan fingerprint density at radius 2 is 1.93 bits per heavy atom. The smallest absolute Gasteiger partial charge is 0.423 e. The molecule has 2 rings (SSSR count). The Morgan fingerprint density at radius 3 is 2.64 bits per heavy atom. The molecule has 0 aliphatic rings. The SMILES string of the molecule is OB(O)c1cnc2ccccc2c1Br. The van der Waals surface area contributed by atoms with Crippen molar-refractivity contribution in [3.8, 4) is 0 Å². The largest absolute Gasteiger partial charge is 0.491 e. The highest BCUT2D eigenvalue weighted by Crippen LogP contribution is 2.19. The predicted octanol–water partition coefficient (Wildman–Crippen LogP) is 0.677. The van der Waals surface area contributed by atoms with E-state index in [9.17, 15) is 0 Å². The predicted molar refractivity (Wildman–Crippen MR) is 59.3 cm³/mol. The second-order valence-electron chi connectivity index (χ2n) is 2.92. The van der Waals surface area contributed by atoms with Gasteiger partial charge < -0.3 is 10.0 Å². The molecule has 1 aromatic heterocycles. The van der Waals surface area contributed by atoms with E-state index in [1.807, 2.05) is 24.3 Å². The van der Waals surface area contributed by atoms with E-state index in [1.54, 1.807) is 0 Å². The van der Waals surface area contributed by atoms with Gasteiger partial charge in [0, 0.05) is 21.5 Å². The van der Waals surface area contributed by atoms with E-state index in [-0.39, 0.29) is 0 Å². The first-order valence-electron chi connectivity index (χ1n) is 4.09. The van der Waals surface area contributed by atoms with Crippen molar-refractivity contribution < 1.29 is 10.0 Å². The van der Waals surface area contributed by atoms with Gasteiger partial charge in [0.05, 0.1) is 5.52 Å². The number of halogens is 1. The fraction of sp³-hybridized carbons (Fsp3) is 0. The standard InChI is InChI=1S/C9H7BBrNO2/c11-9-6-3-1-2-4-8(6)12-5-7(9)10(13)14/h1-5,13-14H. The third-order valence-corrected chi connectivity index (χ3v) is 2.90. The molecule has 0 amide bonds. The summed E-state index contributed by atoms with van der Waals surface area (Å²) in [5.41, 5.74) is 1.20. The zero-order chi connectivity index (χ0) is 10.1. The molecule has 1 heterocycles. The maximum atomic E-state index is 9.05. The topological polar surface area (TPSA) is 53.4 Å². The van der Waals surface area contributed by atoms with E-state index in [1.165, 1.54) is 6.20 Å². The molecule has 0 saturated carbocycles. The van der Waals surface area contributed by atoms with E-state index in [0.29, 0.717) is 9.94 Å². The number of fused-ring (bicyclic) bond motifs is 1. The number of benzene rings is 1. The van der Waals surface area contributed by atoms with Crippen molar-refractivity contribution in [2.45, 2.75) is 0 Å². The van der Waals surface area contributed by atoms with Crippen molar-refractivity contribution in [3.63, 3.8) is 0 Å². The Morgan fingerprint density at radius 1 is 1.21 bits per heavy atom. The van der Waals surface area contributed by atoms with Gasteiger partial charge in [0.2, 0.25) is 0 Å². The first kappa shape index (κ1) is 9.64. The zero-order valence-electron chi connectivity index (χ0n) is 7.18. The lowest BCUT2D eigenvalue weighted by Crippen LogP contribution is -2.31. The van der Waals surface area contributed by atoms with Crippen LogP contribution in [0.25, 0.3) is 10.9 Å².